The van der Waals surface area contributed by atoms with E-state index in [1.54, 1.807) is 18.3 Å². The van der Waals surface area contributed by atoms with E-state index in [1.165, 1.54) is 6.42 Å². The number of carbonyl (C=O) groups excluding carboxylic acids is 1. The molecule has 0 atom stereocenters. The van der Waals surface area contributed by atoms with Gasteiger partial charge in [-0.25, -0.2) is 0 Å². The van der Waals surface area contributed by atoms with Crippen LogP contribution in [-0.4, -0.2) is 28.1 Å². The molecule has 5 nitrogen and oxygen atoms in total. The van der Waals surface area contributed by atoms with Crippen molar-refractivity contribution >= 4 is 5.91 Å². The third kappa shape index (κ3) is 4.25. The Morgan fingerprint density at radius 1 is 1.52 bits per heavy atom. The quantitative estimate of drug-likeness (QED) is 0.769. The van der Waals surface area contributed by atoms with Crippen LogP contribution >= 0.6 is 0 Å². The van der Waals surface area contributed by atoms with Crippen LogP contribution in [0.25, 0.3) is 0 Å². The van der Waals surface area contributed by atoms with Crippen molar-refractivity contribution < 1.29 is 9.90 Å². The normalized spacial score (nSPS) is 25.6. The molecule has 1 amide bonds. The summed E-state index contributed by atoms with van der Waals surface area (Å²) in [5, 5.41) is 13.4. The van der Waals surface area contributed by atoms with Crippen molar-refractivity contribution in [3.05, 3.63) is 29.6 Å². The Hall–Kier alpha value is -1.46. The zero-order chi connectivity index (χ0) is 15.3. The third-order valence-electron chi connectivity index (χ3n) is 4.48. The summed E-state index contributed by atoms with van der Waals surface area (Å²) in [6.45, 7) is 2.81. The first kappa shape index (κ1) is 15.9. The summed E-state index contributed by atoms with van der Waals surface area (Å²) in [6, 6.07) is 3.35. The smallest absolute Gasteiger partial charge is 0.251 e. The van der Waals surface area contributed by atoms with Crippen molar-refractivity contribution in [1.82, 2.24) is 10.3 Å². The van der Waals surface area contributed by atoms with Crippen LogP contribution in [0.4, 0.5) is 0 Å². The van der Waals surface area contributed by atoms with Crippen LogP contribution in [0, 0.1) is 5.92 Å². The maximum atomic E-state index is 12.1. The van der Waals surface area contributed by atoms with Crippen LogP contribution in [0.3, 0.4) is 0 Å². The number of aromatic nitrogens is 1. The molecule has 4 N–H and O–H groups in total. The maximum absolute atomic E-state index is 12.1. The standard InChI is InChI=1S/C16H25N3O2/c1-2-12-3-6-16(21,7-4-12)11-19-15(20)13-5-8-18-14(9-13)10-17/h5,8-9,12,21H,2-4,6-7,10-11,17H2,1H3,(H,19,20). The highest BCUT2D eigenvalue weighted by Gasteiger charge is 2.32. The molecule has 0 spiro atoms. The molecule has 21 heavy (non-hydrogen) atoms. The predicted octanol–water partition coefficient (Wildman–Crippen LogP) is 1.60. The molecule has 0 unspecified atom stereocenters. The van der Waals surface area contributed by atoms with Crippen molar-refractivity contribution in [3.63, 3.8) is 0 Å². The lowest BCUT2D eigenvalue weighted by Crippen LogP contribution is -2.45. The van der Waals surface area contributed by atoms with Gasteiger partial charge in [0.2, 0.25) is 0 Å². The molecule has 2 rings (SSSR count). The second-order valence-electron chi connectivity index (χ2n) is 6.00. The van der Waals surface area contributed by atoms with Crippen molar-refractivity contribution in [3.8, 4) is 0 Å². The minimum Gasteiger partial charge on any atom is -0.388 e. The fraction of sp³-hybridized carbons (Fsp3) is 0.625. The van der Waals surface area contributed by atoms with E-state index >= 15 is 0 Å². The van der Waals surface area contributed by atoms with Gasteiger partial charge in [0.1, 0.15) is 0 Å². The van der Waals surface area contributed by atoms with Gasteiger partial charge in [0.25, 0.3) is 5.91 Å². The Morgan fingerprint density at radius 2 is 2.24 bits per heavy atom. The lowest BCUT2D eigenvalue weighted by molar-refractivity contribution is -0.00786. The summed E-state index contributed by atoms with van der Waals surface area (Å²) in [5.74, 6) is 0.534. The number of nitrogens with one attached hydrogen (secondary N) is 1. The van der Waals surface area contributed by atoms with Crippen LogP contribution in [0.5, 0.6) is 0 Å². The zero-order valence-corrected chi connectivity index (χ0v) is 12.6. The molecule has 0 aliphatic heterocycles. The van der Waals surface area contributed by atoms with Gasteiger partial charge in [-0.3, -0.25) is 9.78 Å². The van der Waals surface area contributed by atoms with E-state index in [2.05, 4.69) is 17.2 Å². The van der Waals surface area contributed by atoms with Crippen LogP contribution < -0.4 is 11.1 Å². The first-order valence-electron chi connectivity index (χ1n) is 7.72. The molecule has 0 saturated heterocycles. The second-order valence-corrected chi connectivity index (χ2v) is 6.00. The molecule has 1 saturated carbocycles. The molecule has 1 aromatic rings. The Labute approximate surface area is 126 Å². The SMILES string of the molecule is CCC1CCC(O)(CNC(=O)c2ccnc(CN)c2)CC1. The lowest BCUT2D eigenvalue weighted by atomic mass is 9.78. The van der Waals surface area contributed by atoms with Gasteiger partial charge in [-0.15, -0.1) is 0 Å². The van der Waals surface area contributed by atoms with Gasteiger partial charge in [-0.2, -0.15) is 0 Å². The fourth-order valence-corrected chi connectivity index (χ4v) is 2.88. The van der Waals surface area contributed by atoms with E-state index in [9.17, 15) is 9.90 Å². The van der Waals surface area contributed by atoms with Gasteiger partial charge in [-0.1, -0.05) is 13.3 Å². The van der Waals surface area contributed by atoms with Crippen molar-refractivity contribution in [2.75, 3.05) is 6.54 Å². The molecule has 1 aliphatic rings. The summed E-state index contributed by atoms with van der Waals surface area (Å²) in [5.41, 5.74) is 5.99. The predicted molar refractivity (Wildman–Crippen MR) is 81.7 cm³/mol. The third-order valence-corrected chi connectivity index (χ3v) is 4.48. The van der Waals surface area contributed by atoms with Crippen LogP contribution in [0.15, 0.2) is 18.3 Å². The number of carbonyl (C=O) groups is 1. The van der Waals surface area contributed by atoms with Crippen molar-refractivity contribution in [1.29, 1.82) is 0 Å². The summed E-state index contributed by atoms with van der Waals surface area (Å²) >= 11 is 0. The zero-order valence-electron chi connectivity index (χ0n) is 12.6. The number of hydrogen-bond donors (Lipinski definition) is 3. The topological polar surface area (TPSA) is 88.2 Å². The average Bonchev–Trinajstić information content (AvgIpc) is 2.53. The maximum Gasteiger partial charge on any atom is 0.251 e. The van der Waals surface area contributed by atoms with Gasteiger partial charge in [0, 0.05) is 24.8 Å². The molecule has 1 fully saturated rings. The van der Waals surface area contributed by atoms with Crippen molar-refractivity contribution in [2.24, 2.45) is 11.7 Å². The summed E-state index contributed by atoms with van der Waals surface area (Å²) in [7, 11) is 0. The summed E-state index contributed by atoms with van der Waals surface area (Å²) in [6.07, 6.45) is 6.34. The lowest BCUT2D eigenvalue weighted by Gasteiger charge is -2.35. The van der Waals surface area contributed by atoms with E-state index < -0.39 is 5.60 Å². The van der Waals surface area contributed by atoms with E-state index in [4.69, 9.17) is 5.73 Å². The second kappa shape index (κ2) is 7.00. The van der Waals surface area contributed by atoms with E-state index in [-0.39, 0.29) is 5.91 Å². The highest BCUT2D eigenvalue weighted by atomic mass is 16.3. The van der Waals surface area contributed by atoms with Crippen LogP contribution in [0.1, 0.15) is 55.1 Å². The molecule has 1 aliphatic carbocycles. The van der Waals surface area contributed by atoms with Crippen LogP contribution in [0.2, 0.25) is 0 Å². The highest BCUT2D eigenvalue weighted by Crippen LogP contribution is 2.33. The van der Waals surface area contributed by atoms with Gasteiger partial charge in [0.15, 0.2) is 0 Å². The van der Waals surface area contributed by atoms with Crippen molar-refractivity contribution in [2.45, 2.75) is 51.2 Å². The minimum atomic E-state index is -0.759. The molecular weight excluding hydrogens is 266 g/mol. The number of hydrogen-bond acceptors (Lipinski definition) is 4. The first-order valence-corrected chi connectivity index (χ1v) is 7.72. The number of pyridine rings is 1. The number of aliphatic hydroxyl groups is 1. The average molecular weight is 291 g/mol. The van der Waals surface area contributed by atoms with Gasteiger partial charge < -0.3 is 16.2 Å². The Morgan fingerprint density at radius 3 is 2.86 bits per heavy atom. The molecule has 0 radical (unpaired) electrons. The van der Waals surface area contributed by atoms with Gasteiger partial charge in [0.05, 0.1) is 11.3 Å². The summed E-state index contributed by atoms with van der Waals surface area (Å²) in [4.78, 5) is 16.2. The molecule has 5 heteroatoms. The molecule has 0 bridgehead atoms. The number of rotatable bonds is 5. The molecule has 1 aromatic heterocycles. The summed E-state index contributed by atoms with van der Waals surface area (Å²) < 4.78 is 0. The number of nitrogens with two attached hydrogens (primary N) is 1. The number of nitrogens with zero attached hydrogens (tertiary/aromatic N) is 1. The molecule has 116 valence electrons. The molecular formula is C16H25N3O2. The molecule has 1 heterocycles. The van der Waals surface area contributed by atoms with E-state index in [0.29, 0.717) is 30.3 Å². The number of amides is 1. The first-order chi connectivity index (χ1) is 10.1. The fourth-order valence-electron chi connectivity index (χ4n) is 2.88. The van der Waals surface area contributed by atoms with E-state index in [1.807, 2.05) is 0 Å². The van der Waals surface area contributed by atoms with Gasteiger partial charge in [-0.05, 0) is 43.7 Å². The Balaban J connectivity index is 1.88. The van der Waals surface area contributed by atoms with Crippen LogP contribution in [-0.2, 0) is 6.54 Å². The highest BCUT2D eigenvalue weighted by molar-refractivity contribution is 5.94. The largest absolute Gasteiger partial charge is 0.388 e. The Kier molecular flexibility index (Phi) is 5.31. The monoisotopic (exact) mass is 291 g/mol. The minimum absolute atomic E-state index is 0.182. The van der Waals surface area contributed by atoms with E-state index in [0.717, 1.165) is 25.7 Å². The molecule has 0 aromatic carbocycles. The Bertz CT molecular complexity index is 482. The van der Waals surface area contributed by atoms with Gasteiger partial charge >= 0.3 is 0 Å².